The first kappa shape index (κ1) is 28.3. The Morgan fingerprint density at radius 3 is 1.77 bits per heavy atom. The molecule has 1 heterocycles. The van der Waals surface area contributed by atoms with Crippen LogP contribution in [-0.2, 0) is 14.3 Å². The molecule has 31 heavy (non-hydrogen) atoms. The molecule has 0 aromatic rings. The van der Waals surface area contributed by atoms with Crippen LogP contribution in [0.1, 0.15) is 104 Å². The van der Waals surface area contributed by atoms with Crippen molar-refractivity contribution in [2.45, 2.75) is 134 Å². The Morgan fingerprint density at radius 2 is 1.32 bits per heavy atom. The van der Waals surface area contributed by atoms with Gasteiger partial charge in [-0.15, -0.1) is 0 Å². The van der Waals surface area contributed by atoms with Gasteiger partial charge in [0.15, 0.2) is 6.29 Å². The number of aliphatic hydroxyl groups is 3. The van der Waals surface area contributed by atoms with E-state index in [4.69, 9.17) is 9.47 Å². The van der Waals surface area contributed by atoms with Crippen molar-refractivity contribution in [1.29, 1.82) is 0 Å². The third-order valence-corrected chi connectivity index (χ3v) is 6.03. The van der Waals surface area contributed by atoms with Crippen LogP contribution in [0.5, 0.6) is 0 Å². The molecule has 1 fully saturated rings. The van der Waals surface area contributed by atoms with Gasteiger partial charge in [-0.2, -0.15) is 0 Å². The van der Waals surface area contributed by atoms with E-state index in [1.807, 2.05) is 0 Å². The lowest BCUT2D eigenvalue weighted by Crippen LogP contribution is -2.64. The molecule has 7 nitrogen and oxygen atoms in total. The number of amides is 1. The number of nitrogens with one attached hydrogen (secondary N) is 1. The highest BCUT2D eigenvalue weighted by molar-refractivity contribution is 5.73. The molecule has 1 aliphatic rings. The fourth-order valence-corrected chi connectivity index (χ4v) is 4.11. The summed E-state index contributed by atoms with van der Waals surface area (Å²) in [5.41, 5.74) is 0. The third kappa shape index (κ3) is 12.2. The van der Waals surface area contributed by atoms with Crippen molar-refractivity contribution in [3.05, 3.63) is 0 Å². The molecule has 0 spiro atoms. The fourth-order valence-electron chi connectivity index (χ4n) is 4.11. The molecule has 1 saturated heterocycles. The molecule has 5 atom stereocenters. The molecule has 0 unspecified atom stereocenters. The minimum Gasteiger partial charge on any atom is -0.394 e. The number of carbonyl (C=O) groups excluding carboxylic acids is 1. The van der Waals surface area contributed by atoms with E-state index < -0.39 is 37.3 Å². The van der Waals surface area contributed by atoms with Crippen LogP contribution >= 0.6 is 0 Å². The summed E-state index contributed by atoms with van der Waals surface area (Å²) < 4.78 is 11.3. The normalized spacial score (nSPS) is 26.2. The summed E-state index contributed by atoms with van der Waals surface area (Å²) >= 11 is 0. The molecule has 7 heteroatoms. The van der Waals surface area contributed by atoms with Crippen LogP contribution in [0.2, 0.25) is 0 Å². The van der Waals surface area contributed by atoms with Crippen molar-refractivity contribution >= 4 is 5.91 Å². The zero-order valence-corrected chi connectivity index (χ0v) is 19.8. The molecule has 4 N–H and O–H groups in total. The Balaban J connectivity index is 2.07. The largest absolute Gasteiger partial charge is 0.394 e. The Labute approximate surface area is 188 Å². The zero-order chi connectivity index (χ0) is 22.9. The van der Waals surface area contributed by atoms with Gasteiger partial charge in [-0.25, -0.2) is 0 Å². The van der Waals surface area contributed by atoms with E-state index in [-0.39, 0.29) is 5.91 Å². The highest BCUT2D eigenvalue weighted by atomic mass is 16.7. The molecular weight excluding hydrogens is 398 g/mol. The van der Waals surface area contributed by atoms with Gasteiger partial charge in [0.05, 0.1) is 6.61 Å². The first-order valence-electron chi connectivity index (χ1n) is 12.5. The Morgan fingerprint density at radius 1 is 0.839 bits per heavy atom. The SMILES string of the molecule is CCCCCCCCCCCCCCCCO[C@H]1O[C@@H](CO)[C@@H](O)[C@@H](O)[C@@H]1NC(C)=O. The second-order valence-electron chi connectivity index (χ2n) is 8.90. The summed E-state index contributed by atoms with van der Waals surface area (Å²) in [7, 11) is 0. The molecule has 1 aliphatic heterocycles. The highest BCUT2D eigenvalue weighted by Crippen LogP contribution is 2.22. The number of rotatable bonds is 18. The first-order valence-corrected chi connectivity index (χ1v) is 12.5. The van der Waals surface area contributed by atoms with Crippen molar-refractivity contribution in [3.63, 3.8) is 0 Å². The van der Waals surface area contributed by atoms with E-state index in [0.717, 1.165) is 12.8 Å². The molecule has 0 radical (unpaired) electrons. The van der Waals surface area contributed by atoms with Crippen molar-refractivity contribution in [3.8, 4) is 0 Å². The van der Waals surface area contributed by atoms with E-state index in [9.17, 15) is 20.1 Å². The smallest absolute Gasteiger partial charge is 0.217 e. The van der Waals surface area contributed by atoms with Gasteiger partial charge < -0.3 is 30.1 Å². The Bertz CT molecular complexity index is 450. The molecule has 0 aliphatic carbocycles. The monoisotopic (exact) mass is 445 g/mol. The minimum absolute atomic E-state index is 0.340. The number of aliphatic hydroxyl groups excluding tert-OH is 3. The van der Waals surface area contributed by atoms with Gasteiger partial charge in [0.25, 0.3) is 0 Å². The Kier molecular flexibility index (Phi) is 16.2. The van der Waals surface area contributed by atoms with Gasteiger partial charge in [-0.3, -0.25) is 4.79 Å². The fraction of sp³-hybridized carbons (Fsp3) is 0.958. The van der Waals surface area contributed by atoms with Crippen LogP contribution in [-0.4, -0.2) is 65.1 Å². The molecule has 0 aromatic carbocycles. The highest BCUT2D eigenvalue weighted by Gasteiger charge is 2.45. The third-order valence-electron chi connectivity index (χ3n) is 6.03. The van der Waals surface area contributed by atoms with Crippen LogP contribution in [0.15, 0.2) is 0 Å². The quantitative estimate of drug-likeness (QED) is 0.241. The Hall–Kier alpha value is -0.730. The van der Waals surface area contributed by atoms with Crippen molar-refractivity contribution in [2.24, 2.45) is 0 Å². The first-order chi connectivity index (χ1) is 15.0. The molecule has 0 bridgehead atoms. The summed E-state index contributed by atoms with van der Waals surface area (Å²) in [6.45, 7) is 3.61. The van der Waals surface area contributed by atoms with Crippen LogP contribution in [0.3, 0.4) is 0 Å². The van der Waals surface area contributed by atoms with Gasteiger partial charge in [0, 0.05) is 13.5 Å². The topological polar surface area (TPSA) is 108 Å². The summed E-state index contributed by atoms with van der Waals surface area (Å²) in [4.78, 5) is 11.4. The summed E-state index contributed by atoms with van der Waals surface area (Å²) in [5.74, 6) is -0.340. The lowest BCUT2D eigenvalue weighted by Gasteiger charge is -2.42. The van der Waals surface area contributed by atoms with Gasteiger partial charge >= 0.3 is 0 Å². The summed E-state index contributed by atoms with van der Waals surface area (Å²) in [5, 5.41) is 32.2. The van der Waals surface area contributed by atoms with Crippen LogP contribution in [0.4, 0.5) is 0 Å². The molecule has 1 amide bonds. The van der Waals surface area contributed by atoms with Gasteiger partial charge in [0.2, 0.25) is 5.91 Å². The van der Waals surface area contributed by atoms with Crippen molar-refractivity contribution < 1.29 is 29.6 Å². The van der Waals surface area contributed by atoms with Crippen molar-refractivity contribution in [2.75, 3.05) is 13.2 Å². The van der Waals surface area contributed by atoms with E-state index in [1.165, 1.54) is 84.0 Å². The van der Waals surface area contributed by atoms with E-state index in [2.05, 4.69) is 12.2 Å². The standard InChI is InChI=1S/C24H47NO6/c1-3-4-5-6-7-8-9-10-11-12-13-14-15-16-17-30-24-21(25-19(2)27)23(29)22(28)20(18-26)31-24/h20-24,26,28-29H,3-18H2,1-2H3,(H,25,27)/t20-,21-,22+,23-,24-/m0/s1. The maximum atomic E-state index is 11.4. The van der Waals surface area contributed by atoms with Gasteiger partial charge in [-0.05, 0) is 6.42 Å². The van der Waals surface area contributed by atoms with Gasteiger partial charge in [-0.1, -0.05) is 90.4 Å². The van der Waals surface area contributed by atoms with Crippen molar-refractivity contribution in [1.82, 2.24) is 5.32 Å². The number of hydrogen-bond donors (Lipinski definition) is 4. The lowest BCUT2D eigenvalue weighted by atomic mass is 9.97. The zero-order valence-electron chi connectivity index (χ0n) is 19.8. The average molecular weight is 446 g/mol. The predicted molar refractivity (Wildman–Crippen MR) is 122 cm³/mol. The number of carbonyl (C=O) groups is 1. The lowest BCUT2D eigenvalue weighted by molar-refractivity contribution is -0.270. The van der Waals surface area contributed by atoms with Crippen LogP contribution in [0, 0.1) is 0 Å². The molecular formula is C24H47NO6. The number of ether oxygens (including phenoxy) is 2. The summed E-state index contributed by atoms with van der Waals surface area (Å²) in [6, 6.07) is -0.859. The number of unbranched alkanes of at least 4 members (excludes halogenated alkanes) is 13. The molecule has 1 rings (SSSR count). The van der Waals surface area contributed by atoms with E-state index >= 15 is 0 Å². The predicted octanol–water partition coefficient (Wildman–Crippen LogP) is 3.43. The summed E-state index contributed by atoms with van der Waals surface area (Å²) in [6.07, 6.45) is 13.6. The van der Waals surface area contributed by atoms with E-state index in [0.29, 0.717) is 6.61 Å². The number of hydrogen-bond acceptors (Lipinski definition) is 6. The second kappa shape index (κ2) is 17.8. The van der Waals surface area contributed by atoms with Gasteiger partial charge in [0.1, 0.15) is 24.4 Å². The van der Waals surface area contributed by atoms with E-state index in [1.54, 1.807) is 0 Å². The van der Waals surface area contributed by atoms with Crippen LogP contribution in [0.25, 0.3) is 0 Å². The molecule has 0 saturated carbocycles. The van der Waals surface area contributed by atoms with Crippen LogP contribution < -0.4 is 5.32 Å². The maximum absolute atomic E-state index is 11.4. The molecule has 184 valence electrons. The minimum atomic E-state index is -1.28. The second-order valence-corrected chi connectivity index (χ2v) is 8.90. The average Bonchev–Trinajstić information content (AvgIpc) is 2.75. The maximum Gasteiger partial charge on any atom is 0.217 e. The molecule has 0 aromatic heterocycles.